The lowest BCUT2D eigenvalue weighted by Crippen LogP contribution is -2.62. The topological polar surface area (TPSA) is 395 Å². The summed E-state index contributed by atoms with van der Waals surface area (Å²) >= 11 is 0. The number of aromatic amines is 1. The molecule has 25 nitrogen and oxygen atoms in total. The van der Waals surface area contributed by atoms with E-state index in [1.165, 1.54) is 18.2 Å². The summed E-state index contributed by atoms with van der Waals surface area (Å²) in [5, 5.41) is 21.4. The first-order chi connectivity index (χ1) is 30.1. The number of aromatic nitrogens is 1. The Kier molecular flexibility index (Phi) is 14.9. The molecule has 0 unspecified atom stereocenters. The number of benzene rings is 1. The third-order valence-corrected chi connectivity index (χ3v) is 12.6. The number of hydrogen-bond donors (Lipinski definition) is 10. The number of nitrogens with two attached hydrogens (primary N) is 3. The van der Waals surface area contributed by atoms with Gasteiger partial charge in [0.25, 0.3) is 11.8 Å². The Labute approximate surface area is 364 Å². The maximum absolute atomic E-state index is 14.6. The fraction of sp³-hybridized carbons (Fsp3) is 0.474. The van der Waals surface area contributed by atoms with Crippen LogP contribution in [0.25, 0.3) is 10.9 Å². The Bertz CT molecular complexity index is 2390. The zero-order valence-corrected chi connectivity index (χ0v) is 35.4. The molecule has 0 spiro atoms. The molecule has 0 saturated carbocycles. The van der Waals surface area contributed by atoms with Crippen LogP contribution in [0.5, 0.6) is 5.75 Å². The molecule has 13 N–H and O–H groups in total. The van der Waals surface area contributed by atoms with E-state index in [2.05, 4.69) is 31.6 Å². The molecule has 4 heterocycles. The molecule has 64 heavy (non-hydrogen) atoms. The zero-order chi connectivity index (χ0) is 47.3. The van der Waals surface area contributed by atoms with Crippen molar-refractivity contribution >= 4 is 80.2 Å². The van der Waals surface area contributed by atoms with E-state index in [4.69, 9.17) is 21.9 Å². The number of aliphatic hydroxyl groups is 1. The minimum Gasteiger partial charge on any atom is -0.472 e. The number of nitrogens with zero attached hydrogens (tertiary/aromatic N) is 2. The summed E-state index contributed by atoms with van der Waals surface area (Å²) in [6.45, 7) is 0.847. The minimum atomic E-state index is -4.86. The summed E-state index contributed by atoms with van der Waals surface area (Å²) in [7, 11) is -4.86. The number of amides is 9. The van der Waals surface area contributed by atoms with Crippen molar-refractivity contribution in [1.29, 1.82) is 0 Å². The normalized spacial score (nSPS) is 25.5. The first-order valence-electron chi connectivity index (χ1n) is 19.8. The molecule has 0 radical (unpaired) electrons. The van der Waals surface area contributed by atoms with Gasteiger partial charge in [-0.1, -0.05) is 20.3 Å². The van der Waals surface area contributed by atoms with E-state index in [9.17, 15) is 61.5 Å². The highest BCUT2D eigenvalue weighted by atomic mass is 32.2. The van der Waals surface area contributed by atoms with Crippen molar-refractivity contribution in [2.24, 2.45) is 23.1 Å². The van der Waals surface area contributed by atoms with Gasteiger partial charge in [0.05, 0.1) is 42.9 Å². The van der Waals surface area contributed by atoms with Gasteiger partial charge in [0, 0.05) is 36.6 Å². The van der Waals surface area contributed by atoms with E-state index < -0.39 is 161 Å². The van der Waals surface area contributed by atoms with Gasteiger partial charge in [-0.05, 0) is 30.0 Å². The highest BCUT2D eigenvalue weighted by Crippen LogP contribution is 2.31. The van der Waals surface area contributed by atoms with Gasteiger partial charge in [0.15, 0.2) is 28.5 Å². The molecule has 9 amide bonds. The first kappa shape index (κ1) is 48.3. The molecule has 1 saturated heterocycles. The van der Waals surface area contributed by atoms with Crippen LogP contribution in [0.3, 0.4) is 0 Å². The molecular weight excluding hydrogens is 867 g/mol. The number of fused-ring (bicyclic) bond motifs is 3. The summed E-state index contributed by atoms with van der Waals surface area (Å²) in [4.78, 5) is 133. The number of sulfone groups is 1. The quantitative estimate of drug-likeness (QED) is 0.0741. The van der Waals surface area contributed by atoms with Crippen molar-refractivity contribution in [2.45, 2.75) is 80.5 Å². The number of β-amino-alcohol motifs (C(OH)–C–C–N with tert-alkyl or cyclic N) is 1. The van der Waals surface area contributed by atoms with Gasteiger partial charge in [0.1, 0.15) is 28.9 Å². The Hall–Kier alpha value is -6.77. The number of likely N-dealkylation sites (tertiary alicyclic amines) is 1. The number of aliphatic hydroxyl groups excluding tert-OH is 1. The van der Waals surface area contributed by atoms with Crippen molar-refractivity contribution in [3.05, 3.63) is 35.9 Å². The van der Waals surface area contributed by atoms with Gasteiger partial charge in [0.2, 0.25) is 41.4 Å². The van der Waals surface area contributed by atoms with Crippen LogP contribution < -0.4 is 48.5 Å². The summed E-state index contributed by atoms with van der Waals surface area (Å²) in [5.41, 5.74) is 15.6. The van der Waals surface area contributed by atoms with Crippen molar-refractivity contribution < 1.29 is 66.2 Å². The number of ether oxygens (including phenoxy) is 1. The number of primary amides is 1. The smallest absolute Gasteiger partial charge is 0.256 e. The molecule has 0 bridgehead atoms. The van der Waals surface area contributed by atoms with Crippen LogP contribution in [-0.2, 0) is 64.2 Å². The number of carbonyl (C=O) groups excluding carboxylic acids is 10. The third-order valence-electron chi connectivity index (χ3n) is 10.8. The Morgan fingerprint density at radius 3 is 2.30 bits per heavy atom. The second kappa shape index (κ2) is 19.7. The summed E-state index contributed by atoms with van der Waals surface area (Å²) < 4.78 is 34.7. The number of hydrogen-bond acceptors (Lipinski definition) is 16. The van der Waals surface area contributed by atoms with Crippen LogP contribution in [0.15, 0.2) is 35.4 Å². The van der Waals surface area contributed by atoms with Crippen LogP contribution in [-0.4, -0.2) is 156 Å². The monoisotopic (exact) mass is 915 g/mol. The van der Waals surface area contributed by atoms with Crippen LogP contribution in [0, 0.1) is 5.92 Å². The van der Waals surface area contributed by atoms with Gasteiger partial charge in [-0.3, -0.25) is 47.9 Å². The second-order valence-electron chi connectivity index (χ2n) is 15.6. The van der Waals surface area contributed by atoms with E-state index >= 15 is 0 Å². The minimum absolute atomic E-state index is 0.0457. The lowest BCUT2D eigenvalue weighted by molar-refractivity contribution is -0.144. The standard InChI is InChI=1S/C38H49N11O14S/c1-3-18(2)32-35(59)43-12-28(53)44-26(34(58)45-25(10-27(40)52)37(60)49-14-19(51)11-38(49,41)16-50)15-64(61,62)36-22(9-23(39)33(57)42-13-29(54)47-32)21-5-4-20(8-24(21)46-36)63-17-48-30(55)6-7-31(48)56/h4-8,16,18-19,23,25-26,32,46,51H,3,9-15,17,39,41H2,1-2H3,(H2,40,52)(H,42,57)(H,43,59)(H,44,53)(H,45,58)(H,47,54)/t18-,19+,23-,25-,26-,32-,38-/m0/s1. The predicted octanol–water partition coefficient (Wildman–Crippen LogP) is -5.86. The van der Waals surface area contributed by atoms with E-state index in [0.29, 0.717) is 11.3 Å². The van der Waals surface area contributed by atoms with E-state index in [1.54, 1.807) is 13.8 Å². The lowest BCUT2D eigenvalue weighted by atomic mass is 9.98. The lowest BCUT2D eigenvalue weighted by Gasteiger charge is -2.33. The number of nitrogens with one attached hydrogen (secondary N) is 6. The van der Waals surface area contributed by atoms with Crippen molar-refractivity contribution in [1.82, 2.24) is 41.4 Å². The van der Waals surface area contributed by atoms with Gasteiger partial charge < -0.3 is 63.5 Å². The number of H-pyrrole nitrogens is 1. The number of carbonyl (C=O) groups is 10. The third kappa shape index (κ3) is 11.1. The molecule has 1 fully saturated rings. The molecule has 2 aromatic rings. The van der Waals surface area contributed by atoms with Gasteiger partial charge in [-0.15, -0.1) is 0 Å². The molecular formula is C38H49N11O14S. The molecule has 5 rings (SSSR count). The van der Waals surface area contributed by atoms with Crippen LogP contribution in [0.4, 0.5) is 0 Å². The Morgan fingerprint density at radius 1 is 1.03 bits per heavy atom. The summed E-state index contributed by atoms with van der Waals surface area (Å²) in [6, 6.07) is -2.71. The number of imide groups is 1. The Morgan fingerprint density at radius 2 is 1.67 bits per heavy atom. The first-order valence-corrected chi connectivity index (χ1v) is 21.5. The maximum Gasteiger partial charge on any atom is 0.256 e. The van der Waals surface area contributed by atoms with Crippen molar-refractivity contribution in [2.75, 3.05) is 32.1 Å². The van der Waals surface area contributed by atoms with Crippen molar-refractivity contribution in [3.8, 4) is 5.75 Å². The van der Waals surface area contributed by atoms with E-state index in [1.807, 2.05) is 0 Å². The molecule has 0 aliphatic carbocycles. The fourth-order valence-electron chi connectivity index (χ4n) is 7.21. The molecule has 26 heteroatoms. The molecule has 1 aromatic heterocycles. The average molecular weight is 916 g/mol. The van der Waals surface area contributed by atoms with Crippen LogP contribution >= 0.6 is 0 Å². The SMILES string of the molecule is CC[C@H](C)[C@@H]1NC(=O)CNC(=O)[C@@H](N)Cc2c([nH]c3cc(OCN4C(=O)C=CC4=O)ccc23)S(=O)(=O)C[C@@H](C(=O)N[C@@H](CC(N)=O)C(=O)N2C[C@H](O)C[C@@]2(N)C=O)NC(=O)CNC1=O. The van der Waals surface area contributed by atoms with Gasteiger partial charge >= 0.3 is 0 Å². The molecule has 7 atom stereocenters. The zero-order valence-electron chi connectivity index (χ0n) is 34.6. The number of aldehydes is 1. The summed E-state index contributed by atoms with van der Waals surface area (Å²) in [5.74, 6) is -10.4. The average Bonchev–Trinajstić information content (AvgIpc) is 3.88. The second-order valence-corrected chi connectivity index (χ2v) is 17.5. The number of rotatable bonds is 11. The van der Waals surface area contributed by atoms with Crippen molar-refractivity contribution in [3.63, 3.8) is 0 Å². The van der Waals surface area contributed by atoms with E-state index in [-0.39, 0.29) is 28.5 Å². The van der Waals surface area contributed by atoms with Gasteiger partial charge in [-0.25, -0.2) is 13.3 Å². The summed E-state index contributed by atoms with van der Waals surface area (Å²) in [6.07, 6.45) is -0.449. The fourth-order valence-corrected chi connectivity index (χ4v) is 8.89. The Balaban J connectivity index is 1.56. The van der Waals surface area contributed by atoms with Crippen LogP contribution in [0.2, 0.25) is 0 Å². The molecule has 3 aliphatic heterocycles. The maximum atomic E-state index is 14.6. The molecule has 1 aromatic carbocycles. The van der Waals surface area contributed by atoms with E-state index in [0.717, 1.165) is 17.1 Å². The molecule has 346 valence electrons. The molecule has 3 aliphatic rings. The van der Waals surface area contributed by atoms with Crippen LogP contribution in [0.1, 0.15) is 38.7 Å². The predicted molar refractivity (Wildman–Crippen MR) is 219 cm³/mol. The van der Waals surface area contributed by atoms with Gasteiger partial charge in [-0.2, -0.15) is 0 Å². The highest BCUT2D eigenvalue weighted by molar-refractivity contribution is 7.91. The highest BCUT2D eigenvalue weighted by Gasteiger charge is 2.47. The largest absolute Gasteiger partial charge is 0.472 e.